The van der Waals surface area contributed by atoms with Crippen LogP contribution in [0.1, 0.15) is 0 Å². The summed E-state index contributed by atoms with van der Waals surface area (Å²) in [6.45, 7) is 0. The van der Waals surface area contributed by atoms with Gasteiger partial charge < -0.3 is 5.11 Å². The molecule has 0 aliphatic rings. The Balaban J connectivity index is 2.85. The standard InChI is InChI=1S/C9H7IOS2/c1-12-9-6(11)4-5-2-3-13-8(5)7(9)10/h2-4,11H,1H3. The Morgan fingerprint density at radius 2 is 2.31 bits per heavy atom. The van der Waals surface area contributed by atoms with Gasteiger partial charge in [0.05, 0.1) is 4.90 Å². The van der Waals surface area contributed by atoms with Crippen LogP contribution in [0.4, 0.5) is 0 Å². The van der Waals surface area contributed by atoms with Gasteiger partial charge >= 0.3 is 0 Å². The van der Waals surface area contributed by atoms with Crippen molar-refractivity contribution in [1.82, 2.24) is 0 Å². The number of aromatic hydroxyl groups is 1. The van der Waals surface area contributed by atoms with Crippen molar-refractivity contribution in [1.29, 1.82) is 0 Å². The third-order valence-electron chi connectivity index (χ3n) is 1.82. The summed E-state index contributed by atoms with van der Waals surface area (Å²) in [6, 6.07) is 3.87. The second-order valence-corrected chi connectivity index (χ2v) is 5.39. The highest BCUT2D eigenvalue weighted by molar-refractivity contribution is 14.1. The van der Waals surface area contributed by atoms with Crippen molar-refractivity contribution in [2.75, 3.05) is 6.26 Å². The average Bonchev–Trinajstić information content (AvgIpc) is 2.53. The van der Waals surface area contributed by atoms with E-state index >= 15 is 0 Å². The molecule has 0 saturated heterocycles. The average molecular weight is 322 g/mol. The molecule has 1 nitrogen and oxygen atoms in total. The highest BCUT2D eigenvalue weighted by Crippen LogP contribution is 2.39. The molecular weight excluding hydrogens is 315 g/mol. The number of hydrogen-bond donors (Lipinski definition) is 1. The van der Waals surface area contributed by atoms with E-state index in [1.165, 1.54) is 4.70 Å². The predicted octanol–water partition coefficient (Wildman–Crippen LogP) is 3.93. The van der Waals surface area contributed by atoms with E-state index in [4.69, 9.17) is 0 Å². The van der Waals surface area contributed by atoms with E-state index in [0.29, 0.717) is 5.75 Å². The highest BCUT2D eigenvalue weighted by atomic mass is 127. The Bertz CT molecular complexity index is 450. The third-order valence-corrected chi connectivity index (χ3v) is 5.40. The number of fused-ring (bicyclic) bond motifs is 1. The second-order valence-electron chi connectivity index (χ2n) is 2.58. The van der Waals surface area contributed by atoms with E-state index in [0.717, 1.165) is 13.9 Å². The van der Waals surface area contributed by atoms with Crippen LogP contribution in [0.5, 0.6) is 5.75 Å². The minimum Gasteiger partial charge on any atom is -0.507 e. The van der Waals surface area contributed by atoms with E-state index in [9.17, 15) is 5.11 Å². The number of rotatable bonds is 1. The topological polar surface area (TPSA) is 20.2 Å². The van der Waals surface area contributed by atoms with Gasteiger partial charge in [-0.25, -0.2) is 0 Å². The molecule has 0 unspecified atom stereocenters. The van der Waals surface area contributed by atoms with E-state index in [-0.39, 0.29) is 0 Å². The molecular formula is C9H7IOS2. The maximum atomic E-state index is 9.69. The van der Waals surface area contributed by atoms with Crippen LogP contribution in [-0.4, -0.2) is 11.4 Å². The van der Waals surface area contributed by atoms with Gasteiger partial charge in [0.2, 0.25) is 0 Å². The van der Waals surface area contributed by atoms with Gasteiger partial charge in [0.25, 0.3) is 0 Å². The van der Waals surface area contributed by atoms with Crippen LogP contribution in [0, 0.1) is 3.57 Å². The minimum absolute atomic E-state index is 0.391. The van der Waals surface area contributed by atoms with Crippen LogP contribution < -0.4 is 0 Å². The Kier molecular flexibility index (Phi) is 2.71. The zero-order valence-corrected chi connectivity index (χ0v) is 10.7. The van der Waals surface area contributed by atoms with Crippen molar-refractivity contribution in [2.24, 2.45) is 0 Å². The molecule has 1 heterocycles. The second kappa shape index (κ2) is 3.67. The molecule has 0 radical (unpaired) electrons. The van der Waals surface area contributed by atoms with Crippen molar-refractivity contribution < 1.29 is 5.11 Å². The van der Waals surface area contributed by atoms with Gasteiger partial charge in [0.15, 0.2) is 0 Å². The summed E-state index contributed by atoms with van der Waals surface area (Å²) in [5, 5.41) is 12.9. The van der Waals surface area contributed by atoms with Crippen molar-refractivity contribution in [2.45, 2.75) is 4.90 Å². The van der Waals surface area contributed by atoms with Gasteiger partial charge in [-0.05, 0) is 51.7 Å². The summed E-state index contributed by atoms with van der Waals surface area (Å²) >= 11 is 5.60. The molecule has 68 valence electrons. The molecule has 0 bridgehead atoms. The number of hydrogen-bond acceptors (Lipinski definition) is 3. The smallest absolute Gasteiger partial charge is 0.130 e. The minimum atomic E-state index is 0.391. The molecule has 0 spiro atoms. The maximum Gasteiger partial charge on any atom is 0.130 e. The first kappa shape index (κ1) is 9.61. The van der Waals surface area contributed by atoms with Crippen LogP contribution in [0.15, 0.2) is 22.4 Å². The maximum absolute atomic E-state index is 9.69. The van der Waals surface area contributed by atoms with Crippen LogP contribution >= 0.6 is 45.7 Å². The van der Waals surface area contributed by atoms with Crippen LogP contribution in [0.25, 0.3) is 10.1 Å². The van der Waals surface area contributed by atoms with Gasteiger partial charge in [0.1, 0.15) is 5.75 Å². The van der Waals surface area contributed by atoms with E-state index < -0.39 is 0 Å². The zero-order chi connectivity index (χ0) is 9.42. The Morgan fingerprint density at radius 1 is 1.54 bits per heavy atom. The summed E-state index contributed by atoms with van der Waals surface area (Å²) < 4.78 is 2.43. The molecule has 1 aromatic carbocycles. The summed E-state index contributed by atoms with van der Waals surface area (Å²) in [5.74, 6) is 0.391. The lowest BCUT2D eigenvalue weighted by molar-refractivity contribution is 0.463. The first-order valence-corrected chi connectivity index (χ1v) is 6.85. The molecule has 2 rings (SSSR count). The lowest BCUT2D eigenvalue weighted by Gasteiger charge is -2.04. The zero-order valence-electron chi connectivity index (χ0n) is 6.87. The first-order chi connectivity index (χ1) is 6.24. The molecule has 13 heavy (non-hydrogen) atoms. The van der Waals surface area contributed by atoms with E-state index in [2.05, 4.69) is 28.0 Å². The number of phenols is 1. The van der Waals surface area contributed by atoms with Crippen LogP contribution in [-0.2, 0) is 0 Å². The molecule has 4 heteroatoms. The quantitative estimate of drug-likeness (QED) is 0.634. The van der Waals surface area contributed by atoms with Gasteiger partial charge in [0, 0.05) is 8.27 Å². The Labute approximate surface area is 98.3 Å². The predicted molar refractivity (Wildman–Crippen MR) is 68.0 cm³/mol. The van der Waals surface area contributed by atoms with Crippen molar-refractivity contribution >= 4 is 55.8 Å². The normalized spacial score (nSPS) is 10.9. The largest absolute Gasteiger partial charge is 0.507 e. The van der Waals surface area contributed by atoms with Crippen LogP contribution in [0.3, 0.4) is 0 Å². The number of benzene rings is 1. The molecule has 0 aliphatic carbocycles. The van der Waals surface area contributed by atoms with E-state index in [1.807, 2.05) is 18.4 Å². The molecule has 2 aromatic rings. The summed E-state index contributed by atoms with van der Waals surface area (Å²) in [7, 11) is 0. The summed E-state index contributed by atoms with van der Waals surface area (Å²) in [6.07, 6.45) is 1.98. The molecule has 0 atom stereocenters. The number of thiophene rings is 1. The van der Waals surface area contributed by atoms with Gasteiger partial charge in [-0.1, -0.05) is 0 Å². The molecule has 0 fully saturated rings. The monoisotopic (exact) mass is 322 g/mol. The number of thioether (sulfide) groups is 1. The molecule has 0 aliphatic heterocycles. The van der Waals surface area contributed by atoms with Gasteiger partial charge in [-0.3, -0.25) is 0 Å². The lowest BCUT2D eigenvalue weighted by Crippen LogP contribution is -1.79. The lowest BCUT2D eigenvalue weighted by atomic mass is 10.2. The van der Waals surface area contributed by atoms with Gasteiger partial charge in [-0.15, -0.1) is 23.1 Å². The first-order valence-electron chi connectivity index (χ1n) is 3.66. The molecule has 1 N–H and O–H groups in total. The fourth-order valence-electron chi connectivity index (χ4n) is 1.23. The Morgan fingerprint density at radius 3 is 3.00 bits per heavy atom. The summed E-state index contributed by atoms with van der Waals surface area (Å²) in [5.41, 5.74) is 0. The molecule has 0 saturated carbocycles. The molecule has 0 amide bonds. The Hall–Kier alpha value is 0.0600. The van der Waals surface area contributed by atoms with Crippen molar-refractivity contribution in [3.8, 4) is 5.75 Å². The van der Waals surface area contributed by atoms with Crippen LogP contribution in [0.2, 0.25) is 0 Å². The van der Waals surface area contributed by atoms with E-state index in [1.54, 1.807) is 23.1 Å². The van der Waals surface area contributed by atoms with Crippen molar-refractivity contribution in [3.63, 3.8) is 0 Å². The SMILES string of the molecule is CSc1c(O)cc2ccsc2c1I. The molecule has 1 aromatic heterocycles. The fourth-order valence-corrected chi connectivity index (χ4v) is 4.30. The number of halogens is 1. The third kappa shape index (κ3) is 1.55. The summed E-state index contributed by atoms with van der Waals surface area (Å²) in [4.78, 5) is 0.982. The van der Waals surface area contributed by atoms with Crippen molar-refractivity contribution in [3.05, 3.63) is 21.1 Å². The number of phenolic OH excluding ortho intramolecular Hbond substituents is 1. The van der Waals surface area contributed by atoms with Gasteiger partial charge in [-0.2, -0.15) is 0 Å². The fraction of sp³-hybridized carbons (Fsp3) is 0.111. The highest BCUT2D eigenvalue weighted by Gasteiger charge is 2.10.